The molecule has 1 N–H and O–H groups in total. The van der Waals surface area contributed by atoms with Crippen molar-refractivity contribution < 1.29 is 14.3 Å². The van der Waals surface area contributed by atoms with Crippen LogP contribution in [0.5, 0.6) is 0 Å². The highest BCUT2D eigenvalue weighted by Crippen LogP contribution is 2.17. The van der Waals surface area contributed by atoms with Gasteiger partial charge in [0.1, 0.15) is 0 Å². The zero-order valence-corrected chi connectivity index (χ0v) is 16.0. The number of nitrogens with one attached hydrogen (secondary N) is 1. The van der Waals surface area contributed by atoms with Crippen LogP contribution in [-0.2, 0) is 9.53 Å². The third kappa shape index (κ3) is 5.09. The fourth-order valence-corrected chi connectivity index (χ4v) is 2.53. The smallest absolute Gasteiger partial charge is 0.338 e. The molecule has 5 heteroatoms. The lowest BCUT2D eigenvalue weighted by Gasteiger charge is -2.16. The van der Waals surface area contributed by atoms with Crippen LogP contribution in [0.15, 0.2) is 42.5 Å². The third-order valence-electron chi connectivity index (χ3n) is 4.34. The van der Waals surface area contributed by atoms with Crippen molar-refractivity contribution in [3.63, 3.8) is 0 Å². The molecule has 0 unspecified atom stereocenters. The van der Waals surface area contributed by atoms with Gasteiger partial charge in [0.25, 0.3) is 5.91 Å². The molecule has 1 amide bonds. The Morgan fingerprint density at radius 2 is 1.81 bits per heavy atom. The van der Waals surface area contributed by atoms with Gasteiger partial charge in [-0.15, -0.1) is 0 Å². The number of esters is 1. The topological polar surface area (TPSA) is 58.6 Å². The van der Waals surface area contributed by atoms with Crippen molar-refractivity contribution in [3.8, 4) is 0 Å². The summed E-state index contributed by atoms with van der Waals surface area (Å²) in [6.07, 6.45) is 0. The normalized spacial score (nSPS) is 11.6. The average Bonchev–Trinajstić information content (AvgIpc) is 2.62. The molecule has 0 saturated carbocycles. The average molecular weight is 354 g/mol. The first-order valence-electron chi connectivity index (χ1n) is 8.59. The Bertz CT molecular complexity index is 800. The van der Waals surface area contributed by atoms with Gasteiger partial charge in [0.2, 0.25) is 0 Å². The van der Waals surface area contributed by atoms with E-state index in [1.165, 1.54) is 11.1 Å². The number of ether oxygens (including phenoxy) is 1. The number of rotatable bonds is 6. The van der Waals surface area contributed by atoms with Crippen molar-refractivity contribution in [3.05, 3.63) is 64.7 Å². The van der Waals surface area contributed by atoms with E-state index in [1.807, 2.05) is 58.0 Å². The summed E-state index contributed by atoms with van der Waals surface area (Å²) in [6.45, 7) is 5.69. The van der Waals surface area contributed by atoms with Crippen LogP contribution in [0.2, 0.25) is 0 Å². The monoisotopic (exact) mass is 354 g/mol. The zero-order valence-electron chi connectivity index (χ0n) is 16.0. The Labute approximate surface area is 155 Å². The van der Waals surface area contributed by atoms with E-state index in [4.69, 9.17) is 4.74 Å². The maximum atomic E-state index is 12.1. The molecule has 0 radical (unpaired) electrons. The van der Waals surface area contributed by atoms with E-state index in [0.717, 1.165) is 11.3 Å². The molecule has 5 nitrogen and oxygen atoms in total. The first kappa shape index (κ1) is 19.5. The molecule has 138 valence electrons. The molecule has 0 aliphatic carbocycles. The SMILES string of the molecule is Cc1ccc([C@@H](C)NC(=O)COC(=O)c2cccc(N(C)C)c2)cc1C. The highest BCUT2D eigenvalue weighted by Gasteiger charge is 2.14. The van der Waals surface area contributed by atoms with Crippen LogP contribution in [-0.4, -0.2) is 32.6 Å². The van der Waals surface area contributed by atoms with Crippen molar-refractivity contribution in [1.82, 2.24) is 5.32 Å². The number of carbonyl (C=O) groups excluding carboxylic acids is 2. The van der Waals surface area contributed by atoms with Gasteiger partial charge in [-0.05, 0) is 55.7 Å². The van der Waals surface area contributed by atoms with Crippen LogP contribution >= 0.6 is 0 Å². The molecule has 0 heterocycles. The summed E-state index contributed by atoms with van der Waals surface area (Å²) in [6, 6.07) is 13.0. The summed E-state index contributed by atoms with van der Waals surface area (Å²) in [5.41, 5.74) is 4.72. The summed E-state index contributed by atoms with van der Waals surface area (Å²) in [7, 11) is 3.79. The van der Waals surface area contributed by atoms with Crippen molar-refractivity contribution in [2.24, 2.45) is 0 Å². The minimum Gasteiger partial charge on any atom is -0.452 e. The summed E-state index contributed by atoms with van der Waals surface area (Å²) < 4.78 is 5.13. The fourth-order valence-electron chi connectivity index (χ4n) is 2.53. The van der Waals surface area contributed by atoms with Crippen LogP contribution in [0.3, 0.4) is 0 Å². The second-order valence-electron chi connectivity index (χ2n) is 6.65. The molecule has 0 aromatic heterocycles. The molecule has 2 aromatic rings. The van der Waals surface area contributed by atoms with E-state index in [0.29, 0.717) is 5.56 Å². The lowest BCUT2D eigenvalue weighted by atomic mass is 10.0. The number of hydrogen-bond donors (Lipinski definition) is 1. The van der Waals surface area contributed by atoms with Gasteiger partial charge in [-0.2, -0.15) is 0 Å². The van der Waals surface area contributed by atoms with E-state index in [-0.39, 0.29) is 18.6 Å². The molecule has 1 atom stereocenters. The molecule has 0 saturated heterocycles. The van der Waals surface area contributed by atoms with Crippen molar-refractivity contribution in [2.45, 2.75) is 26.8 Å². The number of anilines is 1. The molecule has 0 fully saturated rings. The second-order valence-corrected chi connectivity index (χ2v) is 6.65. The first-order chi connectivity index (χ1) is 12.3. The zero-order chi connectivity index (χ0) is 19.3. The number of carbonyl (C=O) groups is 2. The molecule has 26 heavy (non-hydrogen) atoms. The number of amides is 1. The Morgan fingerprint density at radius 3 is 2.46 bits per heavy atom. The van der Waals surface area contributed by atoms with Crippen LogP contribution in [0, 0.1) is 13.8 Å². The third-order valence-corrected chi connectivity index (χ3v) is 4.34. The molecule has 0 aliphatic heterocycles. The van der Waals surface area contributed by atoms with Gasteiger partial charge in [-0.1, -0.05) is 24.3 Å². The minimum absolute atomic E-state index is 0.155. The largest absolute Gasteiger partial charge is 0.452 e. The molecule has 0 spiro atoms. The molecular formula is C21H26N2O3. The van der Waals surface area contributed by atoms with Crippen molar-refractivity contribution in [1.29, 1.82) is 0 Å². The van der Waals surface area contributed by atoms with Crippen LogP contribution < -0.4 is 10.2 Å². The first-order valence-corrected chi connectivity index (χ1v) is 8.59. The standard InChI is InChI=1S/C21H26N2O3/c1-14-9-10-17(11-15(14)2)16(3)22-20(24)13-26-21(25)18-7-6-8-19(12-18)23(4)5/h6-12,16H,13H2,1-5H3,(H,22,24)/t16-/m1/s1. The highest BCUT2D eigenvalue weighted by molar-refractivity contribution is 5.92. The van der Waals surface area contributed by atoms with Crippen LogP contribution in [0.4, 0.5) is 5.69 Å². The summed E-state index contributed by atoms with van der Waals surface area (Å²) in [4.78, 5) is 26.1. The van der Waals surface area contributed by atoms with Gasteiger partial charge in [0.15, 0.2) is 6.61 Å². The van der Waals surface area contributed by atoms with Crippen LogP contribution in [0.25, 0.3) is 0 Å². The molecule has 0 bridgehead atoms. The summed E-state index contributed by atoms with van der Waals surface area (Å²) >= 11 is 0. The van der Waals surface area contributed by atoms with E-state index in [2.05, 4.69) is 11.4 Å². The molecular weight excluding hydrogens is 328 g/mol. The van der Waals surface area contributed by atoms with E-state index >= 15 is 0 Å². The minimum atomic E-state index is -0.511. The predicted octanol–water partition coefficient (Wildman–Crippen LogP) is 3.40. The summed E-state index contributed by atoms with van der Waals surface area (Å²) in [5.74, 6) is -0.837. The Kier molecular flexibility index (Phi) is 6.39. The van der Waals surface area contributed by atoms with Gasteiger partial charge in [-0.25, -0.2) is 4.79 Å². The molecule has 2 aromatic carbocycles. The van der Waals surface area contributed by atoms with Crippen LogP contribution in [0.1, 0.15) is 40.0 Å². The maximum absolute atomic E-state index is 12.1. The predicted molar refractivity (Wildman–Crippen MR) is 104 cm³/mol. The summed E-state index contributed by atoms with van der Waals surface area (Å²) in [5, 5.41) is 2.85. The van der Waals surface area contributed by atoms with E-state index in [9.17, 15) is 9.59 Å². The van der Waals surface area contributed by atoms with E-state index < -0.39 is 5.97 Å². The van der Waals surface area contributed by atoms with Gasteiger partial charge in [-0.3, -0.25) is 4.79 Å². The van der Waals surface area contributed by atoms with Crippen molar-refractivity contribution >= 4 is 17.6 Å². The van der Waals surface area contributed by atoms with Gasteiger partial charge in [0.05, 0.1) is 11.6 Å². The Balaban J connectivity index is 1.90. The number of nitrogens with zero attached hydrogens (tertiary/aromatic N) is 1. The fraction of sp³-hybridized carbons (Fsp3) is 0.333. The van der Waals surface area contributed by atoms with Gasteiger partial charge >= 0.3 is 5.97 Å². The molecule has 2 rings (SSSR count). The Morgan fingerprint density at radius 1 is 1.08 bits per heavy atom. The number of aryl methyl sites for hydroxylation is 2. The highest BCUT2D eigenvalue weighted by atomic mass is 16.5. The van der Waals surface area contributed by atoms with Gasteiger partial charge in [0, 0.05) is 19.8 Å². The van der Waals surface area contributed by atoms with Crippen molar-refractivity contribution in [2.75, 3.05) is 25.6 Å². The maximum Gasteiger partial charge on any atom is 0.338 e. The quantitative estimate of drug-likeness (QED) is 0.808. The lowest BCUT2D eigenvalue weighted by molar-refractivity contribution is -0.124. The lowest BCUT2D eigenvalue weighted by Crippen LogP contribution is -2.31. The number of benzene rings is 2. The second kappa shape index (κ2) is 8.52. The van der Waals surface area contributed by atoms with Gasteiger partial charge < -0.3 is 15.0 Å². The number of hydrogen-bond acceptors (Lipinski definition) is 4. The Hall–Kier alpha value is -2.82. The van der Waals surface area contributed by atoms with E-state index in [1.54, 1.807) is 18.2 Å². The molecule has 0 aliphatic rings.